The van der Waals surface area contributed by atoms with Crippen molar-refractivity contribution in [3.63, 3.8) is 0 Å². The molecule has 3 rings (SSSR count). The molecule has 0 amide bonds. The molecule has 26 heavy (non-hydrogen) atoms. The van der Waals surface area contributed by atoms with Crippen LogP contribution in [0.15, 0.2) is 35.4 Å². The minimum absolute atomic E-state index is 0.0262. The van der Waals surface area contributed by atoms with E-state index in [-0.39, 0.29) is 18.1 Å². The Labute approximate surface area is 144 Å². The minimum atomic E-state index is -1.59. The highest BCUT2D eigenvalue weighted by molar-refractivity contribution is 5.48. The van der Waals surface area contributed by atoms with Crippen molar-refractivity contribution in [3.05, 3.63) is 69.8 Å². The number of aryl methyl sites for hydroxylation is 1. The summed E-state index contributed by atoms with van der Waals surface area (Å²) in [5.74, 6) is -5.04. The van der Waals surface area contributed by atoms with Gasteiger partial charge in [-0.1, -0.05) is 0 Å². The number of hydrogen-bond acceptors (Lipinski definition) is 4. The van der Waals surface area contributed by atoms with Crippen LogP contribution in [0.2, 0.25) is 0 Å². The summed E-state index contributed by atoms with van der Waals surface area (Å²) in [6.07, 6.45) is 2.37. The van der Waals surface area contributed by atoms with E-state index in [2.05, 4.69) is 15.4 Å². The van der Waals surface area contributed by atoms with E-state index in [1.165, 1.54) is 6.20 Å². The van der Waals surface area contributed by atoms with Crippen molar-refractivity contribution in [2.24, 2.45) is 0 Å². The number of halogens is 4. The smallest absolute Gasteiger partial charge is 0.310 e. The topological polar surface area (TPSA) is 64.7 Å². The molecule has 0 atom stereocenters. The molecule has 0 saturated heterocycles. The Bertz CT molecular complexity index is 991. The Morgan fingerprint density at radius 1 is 1.12 bits per heavy atom. The van der Waals surface area contributed by atoms with Crippen LogP contribution in [0.3, 0.4) is 0 Å². The lowest BCUT2D eigenvalue weighted by molar-refractivity contribution is 0.444. The molecule has 0 unspecified atom stereocenters. The first-order valence-corrected chi connectivity index (χ1v) is 7.58. The third-order valence-electron chi connectivity index (χ3n) is 3.61. The van der Waals surface area contributed by atoms with Crippen molar-refractivity contribution in [1.82, 2.24) is 19.3 Å². The van der Waals surface area contributed by atoms with Crippen LogP contribution >= 0.6 is 0 Å². The van der Waals surface area contributed by atoms with E-state index >= 15 is 0 Å². The summed E-state index contributed by atoms with van der Waals surface area (Å²) in [4.78, 5) is 15.1. The molecular weight excluding hydrogens is 354 g/mol. The third kappa shape index (κ3) is 3.44. The van der Waals surface area contributed by atoms with Gasteiger partial charge in [-0.05, 0) is 24.6 Å². The molecular formula is C16H13F4N5O. The quantitative estimate of drug-likeness (QED) is 0.556. The standard InChI is InChI=1S/C16H13F4N5O/c1-2-25-13(3-4-21-25)22-16-23-15(26)12(19)8-24(16)7-9-5-10(17)14(20)11(18)6-9/h3-6,8H,2,7H2,1H3,(H,22,23,26). The number of anilines is 2. The lowest BCUT2D eigenvalue weighted by Gasteiger charge is -2.15. The highest BCUT2D eigenvalue weighted by atomic mass is 19.2. The summed E-state index contributed by atoms with van der Waals surface area (Å²) >= 11 is 0. The number of rotatable bonds is 5. The zero-order valence-electron chi connectivity index (χ0n) is 13.5. The van der Waals surface area contributed by atoms with Gasteiger partial charge in [0.2, 0.25) is 11.8 Å². The van der Waals surface area contributed by atoms with Crippen molar-refractivity contribution in [1.29, 1.82) is 0 Å². The normalized spacial score (nSPS) is 11.0. The van der Waals surface area contributed by atoms with Gasteiger partial charge in [-0.2, -0.15) is 14.5 Å². The Hall–Kier alpha value is -3.17. The van der Waals surface area contributed by atoms with E-state index in [0.29, 0.717) is 12.4 Å². The van der Waals surface area contributed by atoms with Gasteiger partial charge in [0.05, 0.1) is 12.7 Å². The summed E-state index contributed by atoms with van der Waals surface area (Å²) in [7, 11) is 0. The fraction of sp³-hybridized carbons (Fsp3) is 0.188. The Morgan fingerprint density at radius 2 is 1.81 bits per heavy atom. The maximum Gasteiger partial charge on any atom is 0.310 e. The number of aromatic nitrogens is 4. The van der Waals surface area contributed by atoms with Crippen LogP contribution in [0.5, 0.6) is 0 Å². The molecule has 10 heteroatoms. The lowest BCUT2D eigenvalue weighted by atomic mass is 10.2. The number of hydrogen-bond donors (Lipinski definition) is 1. The monoisotopic (exact) mass is 367 g/mol. The van der Waals surface area contributed by atoms with Gasteiger partial charge in [0.15, 0.2) is 17.5 Å². The molecule has 0 spiro atoms. The van der Waals surface area contributed by atoms with Crippen molar-refractivity contribution in [2.75, 3.05) is 5.32 Å². The molecule has 0 aliphatic carbocycles. The van der Waals surface area contributed by atoms with E-state index in [0.717, 1.165) is 22.9 Å². The first-order chi connectivity index (χ1) is 12.4. The number of benzene rings is 1. The maximum atomic E-state index is 13.7. The lowest BCUT2D eigenvalue weighted by Crippen LogP contribution is -2.21. The maximum absolute atomic E-state index is 13.7. The van der Waals surface area contributed by atoms with Gasteiger partial charge < -0.3 is 9.88 Å². The average molecular weight is 367 g/mol. The fourth-order valence-corrected chi connectivity index (χ4v) is 2.39. The van der Waals surface area contributed by atoms with E-state index in [1.807, 2.05) is 6.92 Å². The average Bonchev–Trinajstić information content (AvgIpc) is 3.04. The summed E-state index contributed by atoms with van der Waals surface area (Å²) in [5.41, 5.74) is -1.07. The third-order valence-corrected chi connectivity index (χ3v) is 3.61. The second-order valence-corrected chi connectivity index (χ2v) is 5.38. The summed E-state index contributed by atoms with van der Waals surface area (Å²) in [6, 6.07) is 3.18. The van der Waals surface area contributed by atoms with Gasteiger partial charge in [0, 0.05) is 18.8 Å². The van der Waals surface area contributed by atoms with E-state index in [1.54, 1.807) is 10.7 Å². The predicted molar refractivity (Wildman–Crippen MR) is 85.1 cm³/mol. The molecule has 2 aromatic heterocycles. The van der Waals surface area contributed by atoms with Crippen molar-refractivity contribution in [3.8, 4) is 0 Å². The van der Waals surface area contributed by atoms with Crippen molar-refractivity contribution < 1.29 is 17.6 Å². The molecule has 0 radical (unpaired) electrons. The van der Waals surface area contributed by atoms with Crippen molar-refractivity contribution >= 4 is 11.8 Å². The van der Waals surface area contributed by atoms with Gasteiger partial charge in [-0.3, -0.25) is 4.79 Å². The first kappa shape index (κ1) is 17.6. The van der Waals surface area contributed by atoms with Crippen LogP contribution in [0, 0.1) is 23.3 Å². The van der Waals surface area contributed by atoms with Crippen LogP contribution in [0.25, 0.3) is 0 Å². The molecule has 136 valence electrons. The van der Waals surface area contributed by atoms with E-state index in [4.69, 9.17) is 0 Å². The van der Waals surface area contributed by atoms with Crippen LogP contribution in [0.1, 0.15) is 12.5 Å². The van der Waals surface area contributed by atoms with Gasteiger partial charge in [-0.25, -0.2) is 17.9 Å². The first-order valence-electron chi connectivity index (χ1n) is 7.58. The Balaban J connectivity index is 2.01. The molecule has 1 aromatic carbocycles. The summed E-state index contributed by atoms with van der Waals surface area (Å²) in [5, 5.41) is 6.87. The SMILES string of the molecule is CCn1nccc1Nc1nc(=O)c(F)cn1Cc1cc(F)c(F)c(F)c1. The van der Waals surface area contributed by atoms with Gasteiger partial charge >= 0.3 is 5.56 Å². The number of nitrogens with one attached hydrogen (secondary N) is 1. The largest absolute Gasteiger partial charge is 0.311 e. The molecule has 0 aliphatic heterocycles. The second kappa shape index (κ2) is 6.98. The zero-order valence-corrected chi connectivity index (χ0v) is 13.5. The van der Waals surface area contributed by atoms with Crippen LogP contribution in [0.4, 0.5) is 29.3 Å². The van der Waals surface area contributed by atoms with Crippen LogP contribution in [-0.4, -0.2) is 19.3 Å². The fourth-order valence-electron chi connectivity index (χ4n) is 2.39. The second-order valence-electron chi connectivity index (χ2n) is 5.38. The molecule has 2 heterocycles. The molecule has 0 saturated carbocycles. The van der Waals surface area contributed by atoms with E-state index in [9.17, 15) is 22.4 Å². The highest BCUT2D eigenvalue weighted by Crippen LogP contribution is 2.18. The summed E-state index contributed by atoms with van der Waals surface area (Å²) < 4.78 is 56.3. The molecule has 0 bridgehead atoms. The zero-order chi connectivity index (χ0) is 18.8. The van der Waals surface area contributed by atoms with Gasteiger partial charge in [-0.15, -0.1) is 0 Å². The minimum Gasteiger partial charge on any atom is -0.311 e. The number of nitrogens with zero attached hydrogens (tertiary/aromatic N) is 4. The molecule has 6 nitrogen and oxygen atoms in total. The Kier molecular flexibility index (Phi) is 4.74. The molecule has 3 aromatic rings. The predicted octanol–water partition coefficient (Wildman–Crippen LogP) is 2.81. The van der Waals surface area contributed by atoms with E-state index < -0.39 is 28.8 Å². The Morgan fingerprint density at radius 3 is 2.46 bits per heavy atom. The molecule has 0 aliphatic rings. The molecule has 1 N–H and O–H groups in total. The van der Waals surface area contributed by atoms with Crippen molar-refractivity contribution in [2.45, 2.75) is 20.0 Å². The highest BCUT2D eigenvalue weighted by Gasteiger charge is 2.14. The van der Waals surface area contributed by atoms with Crippen LogP contribution < -0.4 is 10.9 Å². The van der Waals surface area contributed by atoms with Gasteiger partial charge in [0.1, 0.15) is 5.82 Å². The van der Waals surface area contributed by atoms with Gasteiger partial charge in [0.25, 0.3) is 0 Å². The molecule has 0 fully saturated rings. The van der Waals surface area contributed by atoms with Crippen LogP contribution in [-0.2, 0) is 13.1 Å². The summed E-state index contributed by atoms with van der Waals surface area (Å²) in [6.45, 7) is 2.11.